The van der Waals surface area contributed by atoms with Crippen molar-refractivity contribution >= 4 is 34.8 Å². The van der Waals surface area contributed by atoms with Crippen LogP contribution in [0, 0.1) is 0 Å². The fourth-order valence-electron chi connectivity index (χ4n) is 2.80. The molecule has 31 heavy (non-hydrogen) atoms. The molecular formula is C20H12Cl2F8O. The summed E-state index contributed by atoms with van der Waals surface area (Å²) in [5.41, 5.74) is -4.08. The van der Waals surface area contributed by atoms with Crippen molar-refractivity contribution in [3.63, 3.8) is 0 Å². The van der Waals surface area contributed by atoms with Crippen LogP contribution in [0.3, 0.4) is 0 Å². The third kappa shape index (κ3) is 5.77. The number of carbonyl (C=O) groups is 1. The number of ketones is 1. The normalized spacial score (nSPS) is 14.0. The van der Waals surface area contributed by atoms with Crippen LogP contribution in [0.4, 0.5) is 35.1 Å². The molecule has 0 N–H and O–H groups in total. The summed E-state index contributed by atoms with van der Waals surface area (Å²) in [6.45, 7) is -0.381. The molecule has 1 atom stereocenters. The predicted molar refractivity (Wildman–Crippen MR) is 101 cm³/mol. The molecule has 0 saturated carbocycles. The quantitative estimate of drug-likeness (QED) is 0.304. The van der Waals surface area contributed by atoms with E-state index in [0.29, 0.717) is 6.07 Å². The van der Waals surface area contributed by atoms with Crippen molar-refractivity contribution in [2.24, 2.45) is 0 Å². The number of carbonyl (C=O) groups excluding carboxylic acids is 1. The molecular weight excluding hydrogens is 479 g/mol. The molecule has 168 valence electrons. The van der Waals surface area contributed by atoms with Crippen LogP contribution >= 0.6 is 23.2 Å². The van der Waals surface area contributed by atoms with Gasteiger partial charge in [0.25, 0.3) is 0 Å². The van der Waals surface area contributed by atoms with Crippen LogP contribution in [0.15, 0.2) is 36.4 Å². The molecule has 11 heteroatoms. The lowest BCUT2D eigenvalue weighted by atomic mass is 9.94. The van der Waals surface area contributed by atoms with E-state index in [2.05, 4.69) is 0 Å². The Morgan fingerprint density at radius 1 is 1.06 bits per heavy atom. The molecule has 0 aliphatic carbocycles. The number of hydrogen-bond donors (Lipinski definition) is 0. The maximum atomic E-state index is 14.6. The molecule has 2 rings (SSSR count). The first kappa shape index (κ1) is 25.1. The number of halogens is 10. The highest BCUT2D eigenvalue weighted by atomic mass is 35.5. The second-order valence-corrected chi connectivity index (χ2v) is 7.24. The van der Waals surface area contributed by atoms with Gasteiger partial charge in [-0.2, -0.15) is 26.3 Å². The molecule has 0 spiro atoms. The van der Waals surface area contributed by atoms with Crippen molar-refractivity contribution in [1.82, 2.24) is 0 Å². The van der Waals surface area contributed by atoms with E-state index in [1.54, 1.807) is 0 Å². The van der Waals surface area contributed by atoms with Gasteiger partial charge in [-0.1, -0.05) is 41.4 Å². The first-order valence-corrected chi connectivity index (χ1v) is 9.12. The lowest BCUT2D eigenvalue weighted by Crippen LogP contribution is -2.19. The second kappa shape index (κ2) is 9.16. The van der Waals surface area contributed by atoms with Crippen LogP contribution in [-0.2, 0) is 12.9 Å². The van der Waals surface area contributed by atoms with Crippen LogP contribution in [0.5, 0.6) is 0 Å². The molecule has 0 aliphatic heterocycles. The Bertz CT molecular complexity index is 1030. The zero-order valence-corrected chi connectivity index (χ0v) is 16.9. The number of allylic oxidation sites excluding steroid dienone is 1. The van der Waals surface area contributed by atoms with Crippen molar-refractivity contribution in [2.45, 2.75) is 31.9 Å². The van der Waals surface area contributed by atoms with Crippen molar-refractivity contribution in [3.05, 3.63) is 74.3 Å². The molecule has 0 amide bonds. The molecule has 0 aliphatic rings. The maximum Gasteiger partial charge on any atom is 0.417 e. The van der Waals surface area contributed by atoms with E-state index in [9.17, 15) is 39.9 Å². The maximum absolute atomic E-state index is 14.6. The van der Waals surface area contributed by atoms with Gasteiger partial charge in [-0.05, 0) is 30.7 Å². The first-order valence-electron chi connectivity index (χ1n) is 8.37. The summed E-state index contributed by atoms with van der Waals surface area (Å²) < 4.78 is 108. The minimum atomic E-state index is -5.09. The summed E-state index contributed by atoms with van der Waals surface area (Å²) in [5, 5.41) is -0.715. The van der Waals surface area contributed by atoms with Gasteiger partial charge in [0.1, 0.15) is 18.4 Å². The Morgan fingerprint density at radius 3 is 2.16 bits per heavy atom. The van der Waals surface area contributed by atoms with E-state index in [1.165, 1.54) is 0 Å². The smallest absolute Gasteiger partial charge is 0.294 e. The van der Waals surface area contributed by atoms with E-state index in [0.717, 1.165) is 25.1 Å². The van der Waals surface area contributed by atoms with Crippen LogP contribution in [-0.4, -0.2) is 12.0 Å². The second-order valence-electron chi connectivity index (χ2n) is 6.46. The molecule has 1 unspecified atom stereocenters. The summed E-state index contributed by atoms with van der Waals surface area (Å²) in [4.78, 5) is 11.4. The van der Waals surface area contributed by atoms with Gasteiger partial charge in [-0.15, -0.1) is 0 Å². The fraction of sp³-hybridized carbons (Fsp3) is 0.250. The van der Waals surface area contributed by atoms with Crippen LogP contribution in [0.1, 0.15) is 45.5 Å². The fourth-order valence-corrected chi connectivity index (χ4v) is 3.21. The molecule has 0 saturated heterocycles. The third-order valence-corrected chi connectivity index (χ3v) is 5.12. The Hall–Kier alpha value is -2.13. The number of hydrogen-bond acceptors (Lipinski definition) is 1. The highest BCUT2D eigenvalue weighted by Crippen LogP contribution is 2.42. The molecule has 0 heterocycles. The predicted octanol–water partition coefficient (Wildman–Crippen LogP) is 8.34. The van der Waals surface area contributed by atoms with Crippen LogP contribution in [0.25, 0.3) is 5.83 Å². The van der Waals surface area contributed by atoms with E-state index >= 15 is 0 Å². The SMILES string of the molecule is CC(=O)c1ccc(/C(F)=C/C(c2cc(Cl)c(Cl)c(CF)c2)C(F)(F)F)cc1C(F)(F)F. The summed E-state index contributed by atoms with van der Waals surface area (Å²) in [5.74, 6) is -5.24. The first-order chi connectivity index (χ1) is 14.2. The van der Waals surface area contributed by atoms with Gasteiger partial charge in [0.05, 0.1) is 15.6 Å². The molecule has 0 radical (unpaired) electrons. The highest BCUT2D eigenvalue weighted by molar-refractivity contribution is 6.42. The third-order valence-electron chi connectivity index (χ3n) is 4.27. The Morgan fingerprint density at radius 2 is 1.68 bits per heavy atom. The van der Waals surface area contributed by atoms with E-state index in [4.69, 9.17) is 23.2 Å². The number of rotatable bonds is 5. The van der Waals surface area contributed by atoms with Crippen molar-refractivity contribution in [1.29, 1.82) is 0 Å². The van der Waals surface area contributed by atoms with E-state index in [1.807, 2.05) is 0 Å². The Balaban J connectivity index is 2.64. The van der Waals surface area contributed by atoms with E-state index in [-0.39, 0.29) is 22.7 Å². The standard InChI is InChI=1S/C20H12Cl2F8O/c1-9(31)13-3-2-10(5-15(13)20(28,29)30)17(24)7-14(19(25,26)27)11-4-12(8-23)18(22)16(21)6-11/h2-7,14H,8H2,1H3/b17-7-. The van der Waals surface area contributed by atoms with Gasteiger partial charge in [0, 0.05) is 16.7 Å². The zero-order valence-electron chi connectivity index (χ0n) is 15.4. The molecule has 2 aromatic rings. The summed E-state index contributed by atoms with van der Waals surface area (Å²) in [6, 6.07) is 3.20. The highest BCUT2D eigenvalue weighted by Gasteiger charge is 2.41. The average Bonchev–Trinajstić information content (AvgIpc) is 2.65. The monoisotopic (exact) mass is 490 g/mol. The number of alkyl halides is 7. The topological polar surface area (TPSA) is 17.1 Å². The van der Waals surface area contributed by atoms with Gasteiger partial charge in [0.15, 0.2) is 5.78 Å². The van der Waals surface area contributed by atoms with Gasteiger partial charge >= 0.3 is 12.4 Å². The molecule has 0 aromatic heterocycles. The zero-order chi connectivity index (χ0) is 23.7. The average molecular weight is 491 g/mol. The molecule has 2 aromatic carbocycles. The Labute approximate surface area is 181 Å². The van der Waals surface area contributed by atoms with Crippen LogP contribution in [0.2, 0.25) is 10.0 Å². The van der Waals surface area contributed by atoms with Gasteiger partial charge in [-0.25, -0.2) is 8.78 Å². The molecule has 1 nitrogen and oxygen atoms in total. The summed E-state index contributed by atoms with van der Waals surface area (Å²) in [6.07, 6.45) is -10.1. The van der Waals surface area contributed by atoms with Crippen LogP contribution < -0.4 is 0 Å². The summed E-state index contributed by atoms with van der Waals surface area (Å²) >= 11 is 11.4. The lowest BCUT2D eigenvalue weighted by molar-refractivity contribution is -0.140. The van der Waals surface area contributed by atoms with Gasteiger partial charge in [-0.3, -0.25) is 4.79 Å². The number of benzene rings is 2. The van der Waals surface area contributed by atoms with Gasteiger partial charge in [0.2, 0.25) is 0 Å². The Kier molecular flexibility index (Phi) is 7.43. The lowest BCUT2D eigenvalue weighted by Gasteiger charge is -2.19. The van der Waals surface area contributed by atoms with Crippen molar-refractivity contribution < 1.29 is 39.9 Å². The van der Waals surface area contributed by atoms with Gasteiger partial charge < -0.3 is 0 Å². The van der Waals surface area contributed by atoms with E-state index < -0.39 is 63.8 Å². The van der Waals surface area contributed by atoms with Crippen molar-refractivity contribution in [3.8, 4) is 0 Å². The van der Waals surface area contributed by atoms with Crippen molar-refractivity contribution in [2.75, 3.05) is 0 Å². The molecule has 0 bridgehead atoms. The largest absolute Gasteiger partial charge is 0.417 e. The minimum Gasteiger partial charge on any atom is -0.294 e. The summed E-state index contributed by atoms with van der Waals surface area (Å²) in [7, 11) is 0. The molecule has 0 fully saturated rings. The number of Topliss-reactive ketones (excluding diaryl/α,β-unsaturated/α-hetero) is 1. The minimum absolute atomic E-state index is 0.0461.